The number of nitriles is 1. The van der Waals surface area contributed by atoms with Gasteiger partial charge in [0.2, 0.25) is 10.0 Å². The molecule has 4 heterocycles. The van der Waals surface area contributed by atoms with Gasteiger partial charge in [-0.3, -0.25) is 0 Å². The first kappa shape index (κ1) is 16.1. The van der Waals surface area contributed by atoms with Crippen molar-refractivity contribution in [3.63, 3.8) is 0 Å². The topological polar surface area (TPSA) is 94.8 Å². The van der Waals surface area contributed by atoms with Gasteiger partial charge in [0.15, 0.2) is 5.75 Å². The zero-order chi connectivity index (χ0) is 17.6. The predicted molar refractivity (Wildman–Crippen MR) is 95.4 cm³/mol. The number of aromatic nitrogens is 3. The summed E-state index contributed by atoms with van der Waals surface area (Å²) in [5.74, 6) is -0.127. The van der Waals surface area contributed by atoms with E-state index in [1.54, 1.807) is 6.07 Å². The minimum Gasteiger partial charge on any atom is -0.346 e. The standard InChI is InChI=1S/C17H19N5O2S/c1-12-3-7-21(25(23,24)9-5-18)11-15(12)22-8-4-13-10-20-17-14(16(13)22)2-6-19-17/h2,4,6,8,10,12,15H,3,7,9,11H2,1H3,(H,19,20). The van der Waals surface area contributed by atoms with Crippen molar-refractivity contribution >= 4 is 32.0 Å². The van der Waals surface area contributed by atoms with Crippen molar-refractivity contribution in [3.8, 4) is 6.07 Å². The van der Waals surface area contributed by atoms with E-state index < -0.39 is 15.8 Å². The Labute approximate surface area is 145 Å². The third kappa shape index (κ3) is 2.60. The minimum absolute atomic E-state index is 0.0280. The van der Waals surface area contributed by atoms with Crippen LogP contribution in [-0.4, -0.2) is 46.1 Å². The summed E-state index contributed by atoms with van der Waals surface area (Å²) in [6.07, 6.45) is 6.49. The summed E-state index contributed by atoms with van der Waals surface area (Å²) in [5.41, 5.74) is 1.90. The number of hydrogen-bond donors (Lipinski definition) is 1. The highest BCUT2D eigenvalue weighted by Crippen LogP contribution is 2.34. The number of nitrogens with one attached hydrogen (secondary N) is 1. The van der Waals surface area contributed by atoms with Crippen molar-refractivity contribution in [3.05, 3.63) is 30.7 Å². The molecule has 1 fully saturated rings. The second kappa shape index (κ2) is 5.86. The number of hydrogen-bond acceptors (Lipinski definition) is 4. The zero-order valence-corrected chi connectivity index (χ0v) is 14.7. The van der Waals surface area contributed by atoms with Gasteiger partial charge in [-0.05, 0) is 24.5 Å². The van der Waals surface area contributed by atoms with Gasteiger partial charge in [0.25, 0.3) is 0 Å². The molecule has 0 amide bonds. The first-order chi connectivity index (χ1) is 12.0. The van der Waals surface area contributed by atoms with Gasteiger partial charge >= 0.3 is 0 Å². The van der Waals surface area contributed by atoms with Gasteiger partial charge < -0.3 is 9.55 Å². The molecule has 2 unspecified atom stereocenters. The molecule has 3 aromatic heterocycles. The molecule has 0 spiro atoms. The fourth-order valence-electron chi connectivity index (χ4n) is 3.74. The molecular weight excluding hydrogens is 338 g/mol. The number of H-pyrrole nitrogens is 1. The van der Waals surface area contributed by atoms with Gasteiger partial charge in [-0.15, -0.1) is 0 Å². The van der Waals surface area contributed by atoms with Crippen LogP contribution in [0.2, 0.25) is 0 Å². The quantitative estimate of drug-likeness (QED) is 0.778. The Kier molecular flexibility index (Phi) is 3.78. The van der Waals surface area contributed by atoms with Gasteiger partial charge in [0.1, 0.15) is 5.65 Å². The lowest BCUT2D eigenvalue weighted by Crippen LogP contribution is -2.44. The van der Waals surface area contributed by atoms with E-state index in [1.807, 2.05) is 30.7 Å². The fourth-order valence-corrected chi connectivity index (χ4v) is 4.85. The van der Waals surface area contributed by atoms with Crippen LogP contribution < -0.4 is 0 Å². The van der Waals surface area contributed by atoms with Gasteiger partial charge in [0.05, 0.1) is 17.6 Å². The van der Waals surface area contributed by atoms with Crippen LogP contribution in [0.3, 0.4) is 0 Å². The van der Waals surface area contributed by atoms with Crippen molar-refractivity contribution in [1.29, 1.82) is 5.26 Å². The van der Waals surface area contributed by atoms with Gasteiger partial charge in [-0.25, -0.2) is 13.4 Å². The molecule has 2 atom stereocenters. The summed E-state index contributed by atoms with van der Waals surface area (Å²) in [6.45, 7) is 3.02. The van der Waals surface area contributed by atoms with Crippen LogP contribution in [-0.2, 0) is 10.0 Å². The number of nitrogens with zero attached hydrogens (tertiary/aromatic N) is 4. The third-order valence-corrected chi connectivity index (χ3v) is 6.75. The maximum Gasteiger partial charge on any atom is 0.227 e. The Hall–Kier alpha value is -2.37. The Bertz CT molecular complexity index is 1080. The number of rotatable bonds is 3. The van der Waals surface area contributed by atoms with Crippen LogP contribution in [0, 0.1) is 17.2 Å². The first-order valence-corrected chi connectivity index (χ1v) is 9.89. The maximum atomic E-state index is 12.3. The molecule has 7 nitrogen and oxygen atoms in total. The largest absolute Gasteiger partial charge is 0.346 e. The van der Waals surface area contributed by atoms with E-state index in [1.165, 1.54) is 4.31 Å². The molecular formula is C17H19N5O2S. The highest BCUT2D eigenvalue weighted by atomic mass is 32.2. The Morgan fingerprint density at radius 2 is 2.28 bits per heavy atom. The van der Waals surface area contributed by atoms with Crippen LogP contribution >= 0.6 is 0 Å². The third-order valence-electron chi connectivity index (χ3n) is 5.14. The highest BCUT2D eigenvalue weighted by molar-refractivity contribution is 7.89. The summed E-state index contributed by atoms with van der Waals surface area (Å²) in [5, 5.41) is 10.9. The SMILES string of the molecule is CC1CCN(S(=O)(=O)CC#N)CC1n1ccc2cnc3[nH]ccc3c21. The molecule has 1 aliphatic heterocycles. The summed E-state index contributed by atoms with van der Waals surface area (Å²) < 4.78 is 28.3. The average Bonchev–Trinajstić information content (AvgIpc) is 3.20. The van der Waals surface area contributed by atoms with Crippen LogP contribution in [0.15, 0.2) is 30.7 Å². The van der Waals surface area contributed by atoms with E-state index in [-0.39, 0.29) is 6.04 Å². The second-order valence-electron chi connectivity index (χ2n) is 6.63. The normalized spacial score (nSPS) is 22.4. The molecule has 0 aromatic carbocycles. The Morgan fingerprint density at radius 1 is 1.44 bits per heavy atom. The lowest BCUT2D eigenvalue weighted by Gasteiger charge is -2.37. The summed E-state index contributed by atoms with van der Waals surface area (Å²) in [7, 11) is -3.53. The van der Waals surface area contributed by atoms with Gasteiger partial charge in [0, 0.05) is 42.5 Å². The monoisotopic (exact) mass is 357 g/mol. The number of sulfonamides is 1. The smallest absolute Gasteiger partial charge is 0.227 e. The van der Waals surface area contributed by atoms with Gasteiger partial charge in [-0.1, -0.05) is 6.92 Å². The Morgan fingerprint density at radius 3 is 3.08 bits per heavy atom. The maximum absolute atomic E-state index is 12.3. The molecule has 3 aromatic rings. The average molecular weight is 357 g/mol. The molecule has 0 radical (unpaired) electrons. The predicted octanol–water partition coefficient (Wildman–Crippen LogP) is 2.25. The fraction of sp³-hybridized carbons (Fsp3) is 0.412. The second-order valence-corrected chi connectivity index (χ2v) is 8.60. The van der Waals surface area contributed by atoms with Gasteiger partial charge in [-0.2, -0.15) is 9.57 Å². The molecule has 8 heteroatoms. The number of fused-ring (bicyclic) bond motifs is 3. The number of pyridine rings is 1. The molecule has 0 bridgehead atoms. The van der Waals surface area contributed by atoms with Crippen LogP contribution in [0.5, 0.6) is 0 Å². The number of piperidine rings is 1. The highest BCUT2D eigenvalue weighted by Gasteiger charge is 2.34. The van der Waals surface area contributed by atoms with Crippen molar-refractivity contribution in [2.45, 2.75) is 19.4 Å². The molecule has 1 aliphatic rings. The summed E-state index contributed by atoms with van der Waals surface area (Å²) in [6, 6.07) is 5.81. The molecule has 130 valence electrons. The first-order valence-electron chi connectivity index (χ1n) is 8.28. The van der Waals surface area contributed by atoms with E-state index in [4.69, 9.17) is 5.26 Å². The van der Waals surface area contributed by atoms with E-state index >= 15 is 0 Å². The molecule has 0 saturated carbocycles. The zero-order valence-electron chi connectivity index (χ0n) is 13.9. The van der Waals surface area contributed by atoms with Crippen LogP contribution in [0.4, 0.5) is 0 Å². The van der Waals surface area contributed by atoms with E-state index in [9.17, 15) is 8.42 Å². The van der Waals surface area contributed by atoms with Crippen molar-refractivity contribution in [2.75, 3.05) is 18.8 Å². The Balaban J connectivity index is 1.79. The molecule has 1 saturated heterocycles. The van der Waals surface area contributed by atoms with Crippen LogP contribution in [0.1, 0.15) is 19.4 Å². The van der Waals surface area contributed by atoms with E-state index in [0.29, 0.717) is 19.0 Å². The van der Waals surface area contributed by atoms with Crippen molar-refractivity contribution < 1.29 is 8.42 Å². The minimum atomic E-state index is -3.53. The molecule has 0 aliphatic carbocycles. The summed E-state index contributed by atoms with van der Waals surface area (Å²) >= 11 is 0. The lowest BCUT2D eigenvalue weighted by molar-refractivity contribution is 0.205. The van der Waals surface area contributed by atoms with E-state index in [0.717, 1.165) is 28.4 Å². The number of aromatic amines is 1. The van der Waals surface area contributed by atoms with E-state index in [2.05, 4.69) is 21.5 Å². The lowest BCUT2D eigenvalue weighted by atomic mass is 9.94. The summed E-state index contributed by atoms with van der Waals surface area (Å²) in [4.78, 5) is 7.54. The molecule has 1 N–H and O–H groups in total. The van der Waals surface area contributed by atoms with Crippen LogP contribution in [0.25, 0.3) is 21.9 Å². The van der Waals surface area contributed by atoms with Crippen molar-refractivity contribution in [2.24, 2.45) is 5.92 Å². The molecule has 4 rings (SSSR count). The van der Waals surface area contributed by atoms with Crippen molar-refractivity contribution in [1.82, 2.24) is 18.8 Å². The molecule has 25 heavy (non-hydrogen) atoms.